The van der Waals surface area contributed by atoms with Gasteiger partial charge in [-0.15, -0.1) is 0 Å². The first-order valence-electron chi connectivity index (χ1n) is 3.86. The average molecular weight is 163 g/mol. The van der Waals surface area contributed by atoms with E-state index in [2.05, 4.69) is 4.98 Å². The Bertz CT molecular complexity index is 297. The van der Waals surface area contributed by atoms with Crippen molar-refractivity contribution < 1.29 is 9.53 Å². The van der Waals surface area contributed by atoms with Crippen LogP contribution in [0, 0.1) is 0 Å². The molecule has 1 fully saturated rings. The molecule has 12 heavy (non-hydrogen) atoms. The Labute approximate surface area is 70.4 Å². The van der Waals surface area contributed by atoms with E-state index in [-0.39, 0.29) is 18.0 Å². The van der Waals surface area contributed by atoms with Crippen LogP contribution in [0.1, 0.15) is 18.7 Å². The van der Waals surface area contributed by atoms with E-state index < -0.39 is 0 Å². The predicted molar refractivity (Wildman–Crippen MR) is 42.5 cm³/mol. The Morgan fingerprint density at radius 1 is 1.58 bits per heavy atom. The van der Waals surface area contributed by atoms with Crippen molar-refractivity contribution in [2.45, 2.75) is 19.1 Å². The molecule has 0 radical (unpaired) electrons. The first kappa shape index (κ1) is 7.43. The number of carbonyl (C=O) groups excluding carboxylic acids is 1. The highest BCUT2D eigenvalue weighted by Gasteiger charge is 2.44. The number of carbonyl (C=O) groups is 1. The highest BCUT2D eigenvalue weighted by Crippen LogP contribution is 2.37. The number of aromatic nitrogens is 1. The van der Waals surface area contributed by atoms with Gasteiger partial charge in [0.1, 0.15) is 12.2 Å². The molecule has 2 rings (SSSR count). The van der Waals surface area contributed by atoms with Gasteiger partial charge in [0.2, 0.25) is 0 Å². The lowest BCUT2D eigenvalue weighted by Gasteiger charge is -1.90. The highest BCUT2D eigenvalue weighted by atomic mass is 16.6. The smallest absolute Gasteiger partial charge is 0.161 e. The summed E-state index contributed by atoms with van der Waals surface area (Å²) in [6, 6.07) is 5.60. The third kappa shape index (κ3) is 1.23. The minimum Gasteiger partial charge on any atom is -0.355 e. The lowest BCUT2D eigenvalue weighted by atomic mass is 10.2. The van der Waals surface area contributed by atoms with Crippen molar-refractivity contribution in [2.24, 2.45) is 0 Å². The molecule has 1 aromatic rings. The average Bonchev–Trinajstić information content (AvgIpc) is 2.84. The Balaban J connectivity index is 2.11. The second kappa shape index (κ2) is 2.68. The molecule has 0 aliphatic carbocycles. The van der Waals surface area contributed by atoms with Gasteiger partial charge < -0.3 is 4.74 Å². The number of hydrogen-bond acceptors (Lipinski definition) is 3. The molecule has 62 valence electrons. The van der Waals surface area contributed by atoms with Crippen molar-refractivity contribution in [3.05, 3.63) is 30.1 Å². The molecule has 3 heteroatoms. The summed E-state index contributed by atoms with van der Waals surface area (Å²) < 4.78 is 5.15. The van der Waals surface area contributed by atoms with Crippen LogP contribution in [0.5, 0.6) is 0 Å². The molecule has 0 saturated carbocycles. The summed E-state index contributed by atoms with van der Waals surface area (Å²) in [4.78, 5) is 14.9. The second-order valence-electron chi connectivity index (χ2n) is 2.84. The fraction of sp³-hybridized carbons (Fsp3) is 0.333. The molecule has 0 amide bonds. The third-order valence-electron chi connectivity index (χ3n) is 1.87. The molecule has 0 spiro atoms. The van der Waals surface area contributed by atoms with Crippen LogP contribution in [-0.4, -0.2) is 16.9 Å². The van der Waals surface area contributed by atoms with Crippen LogP contribution in [0.15, 0.2) is 24.4 Å². The van der Waals surface area contributed by atoms with Gasteiger partial charge in [-0.1, -0.05) is 6.07 Å². The van der Waals surface area contributed by atoms with Gasteiger partial charge in [-0.3, -0.25) is 9.78 Å². The van der Waals surface area contributed by atoms with E-state index >= 15 is 0 Å². The van der Waals surface area contributed by atoms with Gasteiger partial charge in [0.15, 0.2) is 5.78 Å². The molecule has 1 aliphatic rings. The summed E-state index contributed by atoms with van der Waals surface area (Å²) in [5.74, 6) is 0.0747. The topological polar surface area (TPSA) is 42.5 Å². The van der Waals surface area contributed by atoms with Gasteiger partial charge in [0.05, 0.1) is 5.69 Å². The van der Waals surface area contributed by atoms with Crippen LogP contribution < -0.4 is 0 Å². The zero-order valence-electron chi connectivity index (χ0n) is 6.73. The predicted octanol–water partition coefficient (Wildman–Crippen LogP) is 1.11. The molecule has 0 aromatic carbocycles. The third-order valence-corrected chi connectivity index (χ3v) is 1.87. The molecule has 1 saturated heterocycles. The summed E-state index contributed by atoms with van der Waals surface area (Å²) in [7, 11) is 0. The number of Topliss-reactive ketones (excluding diaryl/α,β-unsaturated/α-hetero) is 1. The standard InChI is InChI=1S/C9H9NO2/c1-6(11)8-9(12-8)7-4-2-3-5-10-7/h2-5,8-9H,1H3/t8-,9+/m0/s1. The number of ketones is 1. The van der Waals surface area contributed by atoms with Crippen molar-refractivity contribution >= 4 is 5.78 Å². The highest BCUT2D eigenvalue weighted by molar-refractivity contribution is 5.83. The Kier molecular flexibility index (Phi) is 1.66. The fourth-order valence-corrected chi connectivity index (χ4v) is 1.19. The van der Waals surface area contributed by atoms with Crippen LogP contribution in [0.25, 0.3) is 0 Å². The van der Waals surface area contributed by atoms with Crippen LogP contribution in [0.3, 0.4) is 0 Å². The van der Waals surface area contributed by atoms with Crippen LogP contribution in [0.2, 0.25) is 0 Å². The van der Waals surface area contributed by atoms with Crippen molar-refractivity contribution in [1.29, 1.82) is 0 Å². The largest absolute Gasteiger partial charge is 0.355 e. The summed E-state index contributed by atoms with van der Waals surface area (Å²) >= 11 is 0. The molecular formula is C9H9NO2. The van der Waals surface area contributed by atoms with E-state index in [1.165, 1.54) is 6.92 Å². The van der Waals surface area contributed by atoms with E-state index in [0.717, 1.165) is 5.69 Å². The Morgan fingerprint density at radius 2 is 2.42 bits per heavy atom. The normalized spacial score (nSPS) is 26.8. The minimum absolute atomic E-state index is 0.0747. The summed E-state index contributed by atoms with van der Waals surface area (Å²) in [6.07, 6.45) is 1.36. The number of epoxide rings is 1. The lowest BCUT2D eigenvalue weighted by Crippen LogP contribution is -2.01. The summed E-state index contributed by atoms with van der Waals surface area (Å²) in [6.45, 7) is 1.54. The molecule has 2 atom stereocenters. The van der Waals surface area contributed by atoms with Crippen molar-refractivity contribution in [3.8, 4) is 0 Å². The van der Waals surface area contributed by atoms with Crippen LogP contribution >= 0.6 is 0 Å². The van der Waals surface area contributed by atoms with E-state index in [9.17, 15) is 4.79 Å². The van der Waals surface area contributed by atoms with Gasteiger partial charge in [0.25, 0.3) is 0 Å². The van der Waals surface area contributed by atoms with Crippen molar-refractivity contribution in [2.75, 3.05) is 0 Å². The molecule has 0 bridgehead atoms. The number of ether oxygens (including phenoxy) is 1. The number of pyridine rings is 1. The molecule has 0 unspecified atom stereocenters. The quantitative estimate of drug-likeness (QED) is 0.613. The van der Waals surface area contributed by atoms with E-state index in [1.807, 2.05) is 18.2 Å². The van der Waals surface area contributed by atoms with Gasteiger partial charge in [-0.2, -0.15) is 0 Å². The molecule has 3 nitrogen and oxygen atoms in total. The first-order chi connectivity index (χ1) is 5.79. The van der Waals surface area contributed by atoms with E-state index in [4.69, 9.17) is 4.74 Å². The summed E-state index contributed by atoms with van der Waals surface area (Å²) in [5.41, 5.74) is 0.845. The van der Waals surface area contributed by atoms with Crippen molar-refractivity contribution in [1.82, 2.24) is 4.98 Å². The lowest BCUT2D eigenvalue weighted by molar-refractivity contribution is -0.118. The maximum Gasteiger partial charge on any atom is 0.161 e. The van der Waals surface area contributed by atoms with Gasteiger partial charge in [0, 0.05) is 6.20 Å². The Hall–Kier alpha value is -1.22. The van der Waals surface area contributed by atoms with E-state index in [0.29, 0.717) is 0 Å². The minimum atomic E-state index is -0.250. The van der Waals surface area contributed by atoms with E-state index in [1.54, 1.807) is 6.20 Å². The monoisotopic (exact) mass is 163 g/mol. The number of hydrogen-bond donors (Lipinski definition) is 0. The fourth-order valence-electron chi connectivity index (χ4n) is 1.19. The zero-order chi connectivity index (χ0) is 8.55. The Morgan fingerprint density at radius 3 is 2.92 bits per heavy atom. The maximum absolute atomic E-state index is 10.8. The zero-order valence-corrected chi connectivity index (χ0v) is 6.73. The van der Waals surface area contributed by atoms with Crippen LogP contribution in [-0.2, 0) is 9.53 Å². The molecule has 1 aliphatic heterocycles. The molecule has 0 N–H and O–H groups in total. The SMILES string of the molecule is CC(=O)[C@@H]1O[C@@H]1c1ccccn1. The first-order valence-corrected chi connectivity index (χ1v) is 3.86. The maximum atomic E-state index is 10.8. The van der Waals surface area contributed by atoms with Gasteiger partial charge in [-0.25, -0.2) is 0 Å². The molecule has 1 aromatic heterocycles. The van der Waals surface area contributed by atoms with Crippen molar-refractivity contribution in [3.63, 3.8) is 0 Å². The number of rotatable bonds is 2. The molecular weight excluding hydrogens is 154 g/mol. The van der Waals surface area contributed by atoms with Gasteiger partial charge >= 0.3 is 0 Å². The second-order valence-corrected chi connectivity index (χ2v) is 2.84. The summed E-state index contributed by atoms with van der Waals surface area (Å²) in [5, 5.41) is 0. The van der Waals surface area contributed by atoms with Gasteiger partial charge in [-0.05, 0) is 19.1 Å². The molecule has 2 heterocycles. The van der Waals surface area contributed by atoms with Crippen LogP contribution in [0.4, 0.5) is 0 Å². The number of nitrogens with zero attached hydrogens (tertiary/aromatic N) is 1.